The minimum atomic E-state index is -1.91. The first kappa shape index (κ1) is 19.9. The molecule has 2 atom stereocenters. The molecule has 3 heterocycles. The molecule has 3 fully saturated rings. The molecule has 3 aliphatic rings. The highest BCUT2D eigenvalue weighted by Gasteiger charge is 2.61. The van der Waals surface area contributed by atoms with E-state index in [2.05, 4.69) is 5.32 Å². The number of likely N-dealkylation sites (tertiary alicyclic amines) is 1. The van der Waals surface area contributed by atoms with E-state index >= 15 is 0 Å². The van der Waals surface area contributed by atoms with Gasteiger partial charge in [0.05, 0.1) is 6.54 Å². The first-order valence-electron chi connectivity index (χ1n) is 9.22. The van der Waals surface area contributed by atoms with E-state index < -0.39 is 29.7 Å². The predicted molar refractivity (Wildman–Crippen MR) is 92.3 cm³/mol. The van der Waals surface area contributed by atoms with Crippen LogP contribution in [-0.2, 0) is 23.9 Å². The molecule has 11 nitrogen and oxygen atoms in total. The minimum Gasteiger partial charge on any atom is -0.446 e. The average Bonchev–Trinajstić information content (AvgIpc) is 3.20. The van der Waals surface area contributed by atoms with Gasteiger partial charge >= 0.3 is 23.7 Å². The number of rotatable bonds is 6. The number of carbonyl (C=O) groups excluding carboxylic acids is 4. The van der Waals surface area contributed by atoms with Crippen molar-refractivity contribution in [1.29, 1.82) is 5.26 Å². The molecule has 0 aliphatic carbocycles. The molecule has 0 saturated carbocycles. The third-order valence-corrected chi connectivity index (χ3v) is 5.16. The van der Waals surface area contributed by atoms with Crippen molar-refractivity contribution >= 4 is 23.9 Å². The van der Waals surface area contributed by atoms with E-state index in [9.17, 15) is 24.4 Å². The molecule has 1 unspecified atom stereocenters. The summed E-state index contributed by atoms with van der Waals surface area (Å²) in [6.45, 7) is 6.12. The molecule has 0 bridgehead atoms. The zero-order valence-electron chi connectivity index (χ0n) is 15.8. The first-order valence-corrected chi connectivity index (χ1v) is 9.22. The summed E-state index contributed by atoms with van der Waals surface area (Å²) in [7, 11) is 0. The van der Waals surface area contributed by atoms with Gasteiger partial charge in [-0.2, -0.15) is 5.26 Å². The Bertz CT molecular complexity index is 734. The van der Waals surface area contributed by atoms with Gasteiger partial charge in [-0.3, -0.25) is 9.69 Å². The van der Waals surface area contributed by atoms with Gasteiger partial charge in [0.1, 0.15) is 6.07 Å². The largest absolute Gasteiger partial charge is 0.446 e. The zero-order chi connectivity index (χ0) is 20.5. The first-order chi connectivity index (χ1) is 13.3. The number of nitrogens with zero attached hydrogens (tertiary/aromatic N) is 4. The second-order valence-electron chi connectivity index (χ2n) is 7.16. The Balaban J connectivity index is 1.50. The van der Waals surface area contributed by atoms with Crippen LogP contribution in [0.1, 0.15) is 20.3 Å². The van der Waals surface area contributed by atoms with Crippen molar-refractivity contribution in [3.63, 3.8) is 0 Å². The van der Waals surface area contributed by atoms with Crippen LogP contribution in [0.4, 0.5) is 4.79 Å². The van der Waals surface area contributed by atoms with E-state index in [4.69, 9.17) is 9.47 Å². The Hall–Kier alpha value is -2.87. The fourth-order valence-electron chi connectivity index (χ4n) is 3.66. The molecule has 28 heavy (non-hydrogen) atoms. The lowest BCUT2D eigenvalue weighted by atomic mass is 10.1. The molecule has 3 saturated heterocycles. The lowest BCUT2D eigenvalue weighted by Crippen LogP contribution is -2.61. The molecule has 0 radical (unpaired) electrons. The van der Waals surface area contributed by atoms with E-state index in [1.54, 1.807) is 9.80 Å². The topological polar surface area (TPSA) is 132 Å². The fourth-order valence-corrected chi connectivity index (χ4v) is 3.66. The molecule has 0 aromatic carbocycles. The van der Waals surface area contributed by atoms with Crippen LogP contribution in [-0.4, -0.2) is 95.7 Å². The predicted octanol–water partition coefficient (Wildman–Crippen LogP) is -1.36. The van der Waals surface area contributed by atoms with E-state index in [-0.39, 0.29) is 31.6 Å². The summed E-state index contributed by atoms with van der Waals surface area (Å²) in [5, 5.41) is 12.5. The molecular weight excluding hydrogens is 370 g/mol. The fraction of sp³-hybridized carbons (Fsp3) is 0.706. The summed E-state index contributed by atoms with van der Waals surface area (Å²) in [5.74, 6) is -2.90. The number of nitrogens with one attached hydrogen (secondary N) is 1. The van der Waals surface area contributed by atoms with Crippen LogP contribution in [0, 0.1) is 11.3 Å². The normalized spacial score (nSPS) is 27.0. The minimum absolute atomic E-state index is 0.0233. The Morgan fingerprint density at radius 3 is 2.68 bits per heavy atom. The highest BCUT2D eigenvalue weighted by molar-refractivity contribution is 6.30. The smallest absolute Gasteiger partial charge is 0.420 e. The summed E-state index contributed by atoms with van der Waals surface area (Å²) >= 11 is 0. The molecule has 0 aromatic heterocycles. The molecule has 11 heteroatoms. The number of ether oxygens (including phenoxy) is 2. The van der Waals surface area contributed by atoms with Gasteiger partial charge in [0.25, 0.3) is 0 Å². The maximum Gasteiger partial charge on any atom is 0.420 e. The molecule has 3 amide bonds. The van der Waals surface area contributed by atoms with Crippen LogP contribution in [0.5, 0.6) is 0 Å². The summed E-state index contributed by atoms with van der Waals surface area (Å²) in [6, 6.07) is 1.94. The van der Waals surface area contributed by atoms with Crippen LogP contribution in [0.2, 0.25) is 0 Å². The van der Waals surface area contributed by atoms with Crippen molar-refractivity contribution in [2.45, 2.75) is 38.1 Å². The molecule has 152 valence electrons. The number of hydrogen-bond acceptors (Lipinski definition) is 8. The number of fused-ring (bicyclic) bond motifs is 1. The number of urea groups is 1. The van der Waals surface area contributed by atoms with E-state index in [1.165, 1.54) is 0 Å². The van der Waals surface area contributed by atoms with Crippen molar-refractivity contribution < 1.29 is 28.7 Å². The van der Waals surface area contributed by atoms with Crippen molar-refractivity contribution in [3.05, 3.63) is 0 Å². The third kappa shape index (κ3) is 3.35. The van der Waals surface area contributed by atoms with Gasteiger partial charge in [-0.1, -0.05) is 0 Å². The van der Waals surface area contributed by atoms with Crippen LogP contribution in [0.3, 0.4) is 0 Å². The van der Waals surface area contributed by atoms with Gasteiger partial charge in [-0.15, -0.1) is 0 Å². The van der Waals surface area contributed by atoms with Gasteiger partial charge < -0.3 is 24.6 Å². The second kappa shape index (κ2) is 7.63. The highest BCUT2D eigenvalue weighted by Crippen LogP contribution is 2.36. The quantitative estimate of drug-likeness (QED) is 0.333. The number of esters is 2. The summed E-state index contributed by atoms with van der Waals surface area (Å²) in [5.41, 5.74) is -1.91. The highest BCUT2D eigenvalue weighted by atomic mass is 16.7. The Morgan fingerprint density at radius 1 is 1.29 bits per heavy atom. The lowest BCUT2D eigenvalue weighted by Gasteiger charge is -2.37. The van der Waals surface area contributed by atoms with Crippen LogP contribution in [0.25, 0.3) is 0 Å². The number of nitriles is 1. The molecule has 0 aromatic rings. The van der Waals surface area contributed by atoms with Crippen LogP contribution in [0.15, 0.2) is 0 Å². The number of carbonyl (C=O) groups is 4. The van der Waals surface area contributed by atoms with Crippen molar-refractivity contribution in [2.24, 2.45) is 0 Å². The number of hydrogen-bond donors (Lipinski definition) is 1. The molecule has 3 rings (SSSR count). The van der Waals surface area contributed by atoms with Crippen molar-refractivity contribution in [2.75, 3.05) is 39.3 Å². The average molecular weight is 393 g/mol. The van der Waals surface area contributed by atoms with Gasteiger partial charge in [0.2, 0.25) is 5.91 Å². The van der Waals surface area contributed by atoms with Gasteiger partial charge in [0.15, 0.2) is 6.10 Å². The van der Waals surface area contributed by atoms with Gasteiger partial charge in [-0.05, 0) is 13.8 Å². The molecule has 0 spiro atoms. The monoisotopic (exact) mass is 393 g/mol. The molecule has 3 aliphatic heterocycles. The van der Waals surface area contributed by atoms with Crippen LogP contribution >= 0.6 is 0 Å². The van der Waals surface area contributed by atoms with E-state index in [0.717, 1.165) is 4.90 Å². The zero-order valence-corrected chi connectivity index (χ0v) is 15.8. The molecular formula is C17H23N5O6. The second-order valence-corrected chi connectivity index (χ2v) is 7.16. The summed E-state index contributed by atoms with van der Waals surface area (Å²) in [4.78, 5) is 52.2. The standard InChI is InChI=1S/C17H23N5O6/c1-11(2)21-8-7-20(16(21)26)6-4-19-9-13(23)22-5-3-12-17(22,10-18)28-15(25)14(24)27-12/h11-12,19H,3-9H2,1-2H3/t12?,17-/m0/s1. The maximum absolute atomic E-state index is 12.5. The Morgan fingerprint density at radius 2 is 2.04 bits per heavy atom. The summed E-state index contributed by atoms with van der Waals surface area (Å²) < 4.78 is 9.91. The number of amides is 3. The third-order valence-electron chi connectivity index (χ3n) is 5.16. The Labute approximate surface area is 162 Å². The van der Waals surface area contributed by atoms with Crippen molar-refractivity contribution in [1.82, 2.24) is 20.0 Å². The van der Waals surface area contributed by atoms with E-state index in [0.29, 0.717) is 26.2 Å². The SMILES string of the molecule is CC(C)N1CCN(CCNCC(=O)N2CCC3OC(=O)C(=O)O[C@@]32C#N)C1=O. The lowest BCUT2D eigenvalue weighted by molar-refractivity contribution is -0.217. The molecule has 1 N–H and O–H groups in total. The van der Waals surface area contributed by atoms with Crippen LogP contribution < -0.4 is 5.32 Å². The van der Waals surface area contributed by atoms with Gasteiger partial charge in [0, 0.05) is 45.2 Å². The van der Waals surface area contributed by atoms with E-state index in [1.807, 2.05) is 19.9 Å². The Kier molecular flexibility index (Phi) is 5.42. The van der Waals surface area contributed by atoms with Gasteiger partial charge in [-0.25, -0.2) is 14.4 Å². The summed E-state index contributed by atoms with van der Waals surface area (Å²) in [6.07, 6.45) is -0.776. The maximum atomic E-state index is 12.5. The van der Waals surface area contributed by atoms with Crippen molar-refractivity contribution in [3.8, 4) is 6.07 Å².